The van der Waals surface area contributed by atoms with E-state index in [2.05, 4.69) is 47.6 Å². The van der Waals surface area contributed by atoms with Crippen molar-refractivity contribution >= 4 is 5.69 Å². The number of hydrogen-bond donors (Lipinski definition) is 1. The number of rotatable bonds is 7. The molecular weight excluding hydrogens is 224 g/mol. The van der Waals surface area contributed by atoms with E-state index in [0.717, 1.165) is 38.8 Å². The number of nitrogens with zero attached hydrogens (tertiary/aromatic N) is 1. The molecule has 100 valence electrons. The molecule has 1 aliphatic rings. The van der Waals surface area contributed by atoms with Crippen LogP contribution in [0.4, 0.5) is 5.69 Å². The van der Waals surface area contributed by atoms with E-state index in [1.807, 2.05) is 0 Å². The molecule has 1 aliphatic heterocycles. The van der Waals surface area contributed by atoms with E-state index in [1.54, 1.807) is 0 Å². The van der Waals surface area contributed by atoms with Crippen LogP contribution in [0.5, 0.6) is 0 Å². The Bertz CT molecular complexity index is 323. The third-order valence-corrected chi connectivity index (χ3v) is 3.50. The highest BCUT2D eigenvalue weighted by Crippen LogP contribution is 2.11. The molecule has 3 heteroatoms. The maximum Gasteiger partial charge on any atom is 0.0507 e. The topological polar surface area (TPSA) is 24.5 Å². The molecule has 0 radical (unpaired) electrons. The fraction of sp³-hybridized carbons (Fsp3) is 0.600. The second-order valence-electron chi connectivity index (χ2n) is 5.04. The Kier molecular flexibility index (Phi) is 5.49. The lowest BCUT2D eigenvalue weighted by Crippen LogP contribution is -2.27. The number of nitrogens with one attached hydrogen (secondary N) is 1. The average Bonchev–Trinajstić information content (AvgIpc) is 2.92. The number of hydrogen-bond acceptors (Lipinski definition) is 3. The molecule has 0 amide bonds. The summed E-state index contributed by atoms with van der Waals surface area (Å²) in [6.45, 7) is 5.18. The largest absolute Gasteiger partial charge is 0.381 e. The van der Waals surface area contributed by atoms with Crippen molar-refractivity contribution in [1.82, 2.24) is 5.32 Å². The van der Waals surface area contributed by atoms with Crippen LogP contribution in [0.3, 0.4) is 0 Å². The van der Waals surface area contributed by atoms with Crippen LogP contribution in [0.25, 0.3) is 0 Å². The van der Waals surface area contributed by atoms with Gasteiger partial charge in [0, 0.05) is 32.4 Å². The summed E-state index contributed by atoms with van der Waals surface area (Å²) in [6, 6.07) is 10.5. The number of ether oxygens (including phenoxy) is 1. The van der Waals surface area contributed by atoms with Crippen molar-refractivity contribution in [3.05, 3.63) is 30.3 Å². The predicted molar refractivity (Wildman–Crippen MR) is 76.1 cm³/mol. The van der Waals surface area contributed by atoms with Crippen molar-refractivity contribution in [2.75, 3.05) is 44.8 Å². The van der Waals surface area contributed by atoms with Gasteiger partial charge in [-0.25, -0.2) is 0 Å². The summed E-state index contributed by atoms with van der Waals surface area (Å²) in [6.07, 6.45) is 2.40. The van der Waals surface area contributed by atoms with Gasteiger partial charge in [-0.15, -0.1) is 0 Å². The van der Waals surface area contributed by atoms with Gasteiger partial charge in [-0.3, -0.25) is 0 Å². The smallest absolute Gasteiger partial charge is 0.0507 e. The van der Waals surface area contributed by atoms with E-state index in [1.165, 1.54) is 18.5 Å². The fourth-order valence-electron chi connectivity index (χ4n) is 2.30. The molecule has 1 fully saturated rings. The summed E-state index contributed by atoms with van der Waals surface area (Å²) in [5.74, 6) is 0.733. The number of anilines is 1. The predicted octanol–water partition coefficient (Wildman–Crippen LogP) is 2.14. The summed E-state index contributed by atoms with van der Waals surface area (Å²) in [7, 11) is 2.15. The van der Waals surface area contributed by atoms with E-state index in [0.29, 0.717) is 0 Å². The summed E-state index contributed by atoms with van der Waals surface area (Å²) >= 11 is 0. The minimum atomic E-state index is 0.733. The van der Waals surface area contributed by atoms with E-state index >= 15 is 0 Å². The van der Waals surface area contributed by atoms with Crippen molar-refractivity contribution in [3.8, 4) is 0 Å². The Morgan fingerprint density at radius 2 is 2.17 bits per heavy atom. The van der Waals surface area contributed by atoms with Gasteiger partial charge in [0.05, 0.1) is 6.61 Å². The first-order valence-corrected chi connectivity index (χ1v) is 6.91. The second kappa shape index (κ2) is 7.39. The van der Waals surface area contributed by atoms with E-state index in [4.69, 9.17) is 4.74 Å². The molecule has 1 unspecified atom stereocenters. The minimum Gasteiger partial charge on any atom is -0.381 e. The van der Waals surface area contributed by atoms with Crippen LogP contribution in [0, 0.1) is 5.92 Å². The lowest BCUT2D eigenvalue weighted by atomic mass is 10.1. The average molecular weight is 248 g/mol. The highest BCUT2D eigenvalue weighted by molar-refractivity contribution is 5.44. The molecule has 18 heavy (non-hydrogen) atoms. The Morgan fingerprint density at radius 3 is 2.89 bits per heavy atom. The second-order valence-corrected chi connectivity index (χ2v) is 5.04. The van der Waals surface area contributed by atoms with Crippen molar-refractivity contribution in [2.45, 2.75) is 12.8 Å². The van der Waals surface area contributed by atoms with Gasteiger partial charge in [0.1, 0.15) is 0 Å². The third-order valence-electron chi connectivity index (χ3n) is 3.50. The van der Waals surface area contributed by atoms with Crippen LogP contribution < -0.4 is 10.2 Å². The molecule has 1 aromatic carbocycles. The van der Waals surface area contributed by atoms with Crippen molar-refractivity contribution in [2.24, 2.45) is 5.92 Å². The van der Waals surface area contributed by atoms with E-state index in [9.17, 15) is 0 Å². The SMILES string of the molecule is CN(CCCNCC1CCOC1)c1ccccc1. The Morgan fingerprint density at radius 1 is 1.33 bits per heavy atom. The van der Waals surface area contributed by atoms with Crippen LogP contribution in [0.15, 0.2) is 30.3 Å². The summed E-state index contributed by atoms with van der Waals surface area (Å²) in [5.41, 5.74) is 1.29. The van der Waals surface area contributed by atoms with Crippen molar-refractivity contribution in [3.63, 3.8) is 0 Å². The van der Waals surface area contributed by atoms with Crippen LogP contribution >= 0.6 is 0 Å². The molecule has 0 bridgehead atoms. The molecule has 0 spiro atoms. The molecule has 1 aromatic rings. The maximum absolute atomic E-state index is 5.36. The van der Waals surface area contributed by atoms with Crippen molar-refractivity contribution in [1.29, 1.82) is 0 Å². The van der Waals surface area contributed by atoms with Gasteiger partial charge >= 0.3 is 0 Å². The first-order valence-electron chi connectivity index (χ1n) is 6.91. The lowest BCUT2D eigenvalue weighted by molar-refractivity contribution is 0.185. The van der Waals surface area contributed by atoms with Crippen LogP contribution in [-0.2, 0) is 4.74 Å². The lowest BCUT2D eigenvalue weighted by Gasteiger charge is -2.19. The molecule has 0 aliphatic carbocycles. The van der Waals surface area contributed by atoms with Crippen LogP contribution in [0.2, 0.25) is 0 Å². The number of benzene rings is 1. The quantitative estimate of drug-likeness (QED) is 0.748. The molecule has 1 saturated heterocycles. The molecular formula is C15H24N2O. The Balaban J connectivity index is 1.55. The summed E-state index contributed by atoms with van der Waals surface area (Å²) in [4.78, 5) is 2.31. The Labute approximate surface area is 110 Å². The number of para-hydroxylation sites is 1. The van der Waals surface area contributed by atoms with Gasteiger partial charge in [0.2, 0.25) is 0 Å². The first kappa shape index (κ1) is 13.4. The normalized spacial score (nSPS) is 19.1. The monoisotopic (exact) mass is 248 g/mol. The molecule has 3 nitrogen and oxygen atoms in total. The fourth-order valence-corrected chi connectivity index (χ4v) is 2.30. The van der Waals surface area contributed by atoms with E-state index in [-0.39, 0.29) is 0 Å². The van der Waals surface area contributed by atoms with E-state index < -0.39 is 0 Å². The zero-order chi connectivity index (χ0) is 12.6. The highest BCUT2D eigenvalue weighted by Gasteiger charge is 2.14. The van der Waals surface area contributed by atoms with Gasteiger partial charge in [0.15, 0.2) is 0 Å². The zero-order valence-electron chi connectivity index (χ0n) is 11.3. The summed E-state index contributed by atoms with van der Waals surface area (Å²) < 4.78 is 5.36. The van der Waals surface area contributed by atoms with Crippen LogP contribution in [-0.4, -0.2) is 39.9 Å². The Hall–Kier alpha value is -1.06. The zero-order valence-corrected chi connectivity index (χ0v) is 11.3. The third kappa shape index (κ3) is 4.31. The standard InChI is InChI=1S/C15H24N2O/c1-17(15-6-3-2-4-7-15)10-5-9-16-12-14-8-11-18-13-14/h2-4,6-7,14,16H,5,8-13H2,1H3. The van der Waals surface area contributed by atoms with Gasteiger partial charge in [0.25, 0.3) is 0 Å². The van der Waals surface area contributed by atoms with Gasteiger partial charge in [-0.05, 0) is 37.4 Å². The molecule has 2 rings (SSSR count). The van der Waals surface area contributed by atoms with Gasteiger partial charge in [-0.2, -0.15) is 0 Å². The molecule has 1 atom stereocenters. The highest BCUT2D eigenvalue weighted by atomic mass is 16.5. The molecule has 1 N–H and O–H groups in total. The maximum atomic E-state index is 5.36. The van der Waals surface area contributed by atoms with Crippen molar-refractivity contribution < 1.29 is 4.74 Å². The molecule has 1 heterocycles. The molecule has 0 aromatic heterocycles. The van der Waals surface area contributed by atoms with Gasteiger partial charge < -0.3 is 15.0 Å². The van der Waals surface area contributed by atoms with Crippen LogP contribution in [0.1, 0.15) is 12.8 Å². The molecule has 0 saturated carbocycles. The minimum absolute atomic E-state index is 0.733. The first-order chi connectivity index (χ1) is 8.86. The van der Waals surface area contributed by atoms with Gasteiger partial charge in [-0.1, -0.05) is 18.2 Å². The summed E-state index contributed by atoms with van der Waals surface area (Å²) in [5, 5.41) is 3.53.